The van der Waals surface area contributed by atoms with E-state index in [0.717, 1.165) is 36.1 Å². The van der Waals surface area contributed by atoms with Gasteiger partial charge in [-0.15, -0.1) is 0 Å². The molecule has 0 heterocycles. The number of amides is 1. The van der Waals surface area contributed by atoms with E-state index < -0.39 is 11.5 Å². The summed E-state index contributed by atoms with van der Waals surface area (Å²) < 4.78 is 16.7. The van der Waals surface area contributed by atoms with Gasteiger partial charge in [-0.25, -0.2) is 4.79 Å². The highest BCUT2D eigenvalue weighted by Gasteiger charge is 2.29. The topological polar surface area (TPSA) is 73.9 Å². The van der Waals surface area contributed by atoms with Gasteiger partial charge in [0.15, 0.2) is 0 Å². The van der Waals surface area contributed by atoms with Gasteiger partial charge < -0.3 is 19.5 Å². The number of nitrogens with one attached hydrogen (secondary N) is 1. The van der Waals surface area contributed by atoms with E-state index in [1.807, 2.05) is 39.8 Å². The molecule has 6 heteroatoms. The van der Waals surface area contributed by atoms with Crippen molar-refractivity contribution in [3.8, 4) is 5.75 Å². The first-order chi connectivity index (χ1) is 14.8. The second kappa shape index (κ2) is 12.9. The van der Waals surface area contributed by atoms with Gasteiger partial charge in [0.05, 0.1) is 19.8 Å². The molecule has 0 aliphatic carbocycles. The zero-order chi connectivity index (χ0) is 24.4. The second-order valence-corrected chi connectivity index (χ2v) is 10.4. The zero-order valence-corrected chi connectivity index (χ0v) is 21.4. The van der Waals surface area contributed by atoms with Crippen LogP contribution in [-0.2, 0) is 19.7 Å². The highest BCUT2D eigenvalue weighted by molar-refractivity contribution is 5.78. The molecule has 1 aromatic rings. The van der Waals surface area contributed by atoms with Crippen LogP contribution in [0, 0.1) is 19.3 Å². The Hall–Kier alpha value is -1.92. The summed E-state index contributed by atoms with van der Waals surface area (Å²) in [6.45, 7) is 18.7. The van der Waals surface area contributed by atoms with Crippen LogP contribution in [0.2, 0.25) is 0 Å². The van der Waals surface area contributed by atoms with Gasteiger partial charge in [-0.3, -0.25) is 4.79 Å². The molecule has 0 aromatic heterocycles. The molecular formula is C26H43NO5. The molecular weight excluding hydrogens is 406 g/mol. The average Bonchev–Trinajstić information content (AvgIpc) is 2.60. The van der Waals surface area contributed by atoms with Gasteiger partial charge in [0.1, 0.15) is 11.5 Å². The van der Waals surface area contributed by atoms with Crippen molar-refractivity contribution in [2.75, 3.05) is 33.0 Å². The Morgan fingerprint density at radius 2 is 1.56 bits per heavy atom. The minimum absolute atomic E-state index is 0.0979. The molecule has 6 nitrogen and oxygen atoms in total. The molecule has 0 saturated carbocycles. The molecule has 0 spiro atoms. The number of hydrogen-bond donors (Lipinski definition) is 1. The van der Waals surface area contributed by atoms with E-state index >= 15 is 0 Å². The Morgan fingerprint density at radius 3 is 2.16 bits per heavy atom. The Balaban J connectivity index is 2.43. The minimum Gasteiger partial charge on any atom is -0.410 e. The normalized spacial score (nSPS) is 12.0. The van der Waals surface area contributed by atoms with Crippen LogP contribution in [0.1, 0.15) is 77.5 Å². The van der Waals surface area contributed by atoms with E-state index in [0.29, 0.717) is 44.0 Å². The maximum atomic E-state index is 12.3. The summed E-state index contributed by atoms with van der Waals surface area (Å²) in [6, 6.07) is 3.89. The molecule has 0 unspecified atom stereocenters. The third-order valence-corrected chi connectivity index (χ3v) is 5.12. The number of Topliss-reactive ketones (excluding diaryl/α,β-unsaturated/α-hetero) is 1. The highest BCUT2D eigenvalue weighted by atomic mass is 16.6. The van der Waals surface area contributed by atoms with Crippen LogP contribution < -0.4 is 10.1 Å². The summed E-state index contributed by atoms with van der Waals surface area (Å²) in [5.74, 6) is 0.594. The predicted molar refractivity (Wildman–Crippen MR) is 129 cm³/mol. The van der Waals surface area contributed by atoms with Crippen LogP contribution in [0.25, 0.3) is 0 Å². The Labute approximate surface area is 194 Å². The zero-order valence-electron chi connectivity index (χ0n) is 21.4. The molecule has 0 aliphatic rings. The lowest BCUT2D eigenvalue weighted by Crippen LogP contribution is -2.32. The summed E-state index contributed by atoms with van der Waals surface area (Å²) in [7, 11) is 0. The van der Waals surface area contributed by atoms with Crippen molar-refractivity contribution in [2.24, 2.45) is 5.41 Å². The third-order valence-electron chi connectivity index (χ3n) is 5.12. The number of rotatable bonds is 13. The van der Waals surface area contributed by atoms with Gasteiger partial charge >= 0.3 is 6.09 Å². The van der Waals surface area contributed by atoms with E-state index in [1.54, 1.807) is 6.92 Å². The fraction of sp³-hybridized carbons (Fsp3) is 0.692. The van der Waals surface area contributed by atoms with Crippen LogP contribution in [0.3, 0.4) is 0 Å². The van der Waals surface area contributed by atoms with Crippen LogP contribution in [0.5, 0.6) is 5.75 Å². The van der Waals surface area contributed by atoms with E-state index in [9.17, 15) is 9.59 Å². The summed E-state index contributed by atoms with van der Waals surface area (Å²) in [5, 5.41) is 2.72. The summed E-state index contributed by atoms with van der Waals surface area (Å²) in [5.41, 5.74) is 2.79. The quantitative estimate of drug-likeness (QED) is 0.402. The molecule has 1 aromatic carbocycles. The van der Waals surface area contributed by atoms with Crippen molar-refractivity contribution < 1.29 is 23.8 Å². The van der Waals surface area contributed by atoms with Crippen molar-refractivity contribution in [1.82, 2.24) is 5.32 Å². The first-order valence-corrected chi connectivity index (χ1v) is 11.5. The van der Waals surface area contributed by atoms with E-state index in [-0.39, 0.29) is 5.78 Å². The van der Waals surface area contributed by atoms with Gasteiger partial charge in [-0.2, -0.15) is 0 Å². The number of carbonyl (C=O) groups is 2. The number of carbonyl (C=O) groups excluding carboxylic acids is 2. The molecule has 0 saturated heterocycles. The summed E-state index contributed by atoms with van der Waals surface area (Å²) in [6.07, 6.45) is 2.02. The molecule has 1 N–H and O–H groups in total. The average molecular weight is 450 g/mol. The molecule has 0 aliphatic heterocycles. The lowest BCUT2D eigenvalue weighted by Gasteiger charge is -2.28. The standard InChI is InChI=1S/C26H43NO5/c1-19-16-20(2)23(26(7,8)18-21(3)28)22(17-19)32-24(29)27-11-13-31-15-14-30-12-9-10-25(4,5)6/h16-17H,9-15,18H2,1-8H3,(H,27,29). The predicted octanol–water partition coefficient (Wildman–Crippen LogP) is 5.51. The van der Waals surface area contributed by atoms with Crippen molar-refractivity contribution in [3.05, 3.63) is 28.8 Å². The molecule has 0 fully saturated rings. The number of hydrogen-bond acceptors (Lipinski definition) is 5. The van der Waals surface area contributed by atoms with Crippen molar-refractivity contribution in [3.63, 3.8) is 0 Å². The lowest BCUT2D eigenvalue weighted by atomic mass is 9.77. The maximum absolute atomic E-state index is 12.3. The molecule has 0 atom stereocenters. The van der Waals surface area contributed by atoms with E-state index in [2.05, 4.69) is 26.1 Å². The van der Waals surface area contributed by atoms with Crippen LogP contribution >= 0.6 is 0 Å². The monoisotopic (exact) mass is 449 g/mol. The summed E-state index contributed by atoms with van der Waals surface area (Å²) >= 11 is 0. The lowest BCUT2D eigenvalue weighted by molar-refractivity contribution is -0.118. The van der Waals surface area contributed by atoms with E-state index in [4.69, 9.17) is 14.2 Å². The first-order valence-electron chi connectivity index (χ1n) is 11.5. The van der Waals surface area contributed by atoms with Crippen molar-refractivity contribution >= 4 is 11.9 Å². The van der Waals surface area contributed by atoms with Gasteiger partial charge in [-0.05, 0) is 56.2 Å². The van der Waals surface area contributed by atoms with Crippen molar-refractivity contribution in [1.29, 1.82) is 0 Å². The molecule has 0 radical (unpaired) electrons. The van der Waals surface area contributed by atoms with Crippen LogP contribution in [0.15, 0.2) is 12.1 Å². The number of aryl methyl sites for hydroxylation is 2. The number of benzene rings is 1. The fourth-order valence-corrected chi connectivity index (χ4v) is 3.97. The van der Waals surface area contributed by atoms with Gasteiger partial charge in [0.2, 0.25) is 0 Å². The van der Waals surface area contributed by atoms with Gasteiger partial charge in [-0.1, -0.05) is 40.7 Å². The fourth-order valence-electron chi connectivity index (χ4n) is 3.97. The highest BCUT2D eigenvalue weighted by Crippen LogP contribution is 2.38. The maximum Gasteiger partial charge on any atom is 0.412 e. The van der Waals surface area contributed by atoms with Crippen molar-refractivity contribution in [2.45, 2.75) is 80.1 Å². The van der Waals surface area contributed by atoms with Gasteiger partial charge in [0, 0.05) is 30.6 Å². The largest absolute Gasteiger partial charge is 0.412 e. The smallest absolute Gasteiger partial charge is 0.410 e. The molecule has 182 valence electrons. The van der Waals surface area contributed by atoms with Gasteiger partial charge in [0.25, 0.3) is 0 Å². The Morgan fingerprint density at radius 1 is 0.938 bits per heavy atom. The SMILES string of the molecule is CC(=O)CC(C)(C)c1c(C)cc(C)cc1OC(=O)NCCOCCOCCCC(C)(C)C. The third kappa shape index (κ3) is 11.1. The van der Waals surface area contributed by atoms with Crippen LogP contribution in [-0.4, -0.2) is 44.8 Å². The second-order valence-electron chi connectivity index (χ2n) is 10.4. The van der Waals surface area contributed by atoms with E-state index in [1.165, 1.54) is 0 Å². The first kappa shape index (κ1) is 28.1. The van der Waals surface area contributed by atoms with Crippen LogP contribution in [0.4, 0.5) is 4.79 Å². The minimum atomic E-state index is -0.531. The number of ketones is 1. The summed E-state index contributed by atoms with van der Waals surface area (Å²) in [4.78, 5) is 24.1. The molecule has 32 heavy (non-hydrogen) atoms. The number of ether oxygens (including phenoxy) is 3. The Bertz CT molecular complexity index is 749. The molecule has 1 amide bonds. The Kier molecular flexibility index (Phi) is 11.4. The molecule has 0 bridgehead atoms. The molecule has 1 rings (SSSR count).